The number of benzene rings is 2. The number of amides is 2. The van der Waals surface area contributed by atoms with Crippen LogP contribution < -0.4 is 15.5 Å². The van der Waals surface area contributed by atoms with Crippen LogP contribution in [0.4, 0.5) is 0 Å². The number of rotatable bonds is 10. The lowest BCUT2D eigenvalue weighted by Crippen LogP contribution is -2.46. The summed E-state index contributed by atoms with van der Waals surface area (Å²) >= 11 is 5.87. The van der Waals surface area contributed by atoms with Crippen molar-refractivity contribution in [1.82, 2.24) is 10.7 Å². The Bertz CT molecular complexity index is 878. The first-order valence-electron chi connectivity index (χ1n) is 10.4. The van der Waals surface area contributed by atoms with Crippen molar-refractivity contribution in [3.05, 3.63) is 64.7 Å². The molecule has 2 aromatic carbocycles. The van der Waals surface area contributed by atoms with Gasteiger partial charge in [0, 0.05) is 10.6 Å². The summed E-state index contributed by atoms with van der Waals surface area (Å²) in [6.07, 6.45) is 2.04. The first-order valence-corrected chi connectivity index (χ1v) is 10.7. The Kier molecular flexibility index (Phi) is 9.53. The van der Waals surface area contributed by atoms with E-state index in [-0.39, 0.29) is 17.7 Å². The van der Waals surface area contributed by atoms with E-state index in [1.54, 1.807) is 30.5 Å². The third-order valence-corrected chi connectivity index (χ3v) is 4.54. The van der Waals surface area contributed by atoms with Crippen molar-refractivity contribution in [2.24, 2.45) is 16.9 Å². The van der Waals surface area contributed by atoms with Crippen LogP contribution in [0.2, 0.25) is 5.02 Å². The van der Waals surface area contributed by atoms with Crippen molar-refractivity contribution in [2.75, 3.05) is 6.61 Å². The fraction of sp³-hybridized carbons (Fsp3) is 0.375. The molecular weight excluding hydrogens is 414 g/mol. The van der Waals surface area contributed by atoms with Crippen LogP contribution in [0.15, 0.2) is 53.6 Å². The zero-order chi connectivity index (χ0) is 22.8. The normalized spacial score (nSPS) is 12.2. The van der Waals surface area contributed by atoms with Crippen LogP contribution in [0.1, 0.15) is 50.0 Å². The van der Waals surface area contributed by atoms with Gasteiger partial charge in [-0.3, -0.25) is 9.59 Å². The molecule has 6 nitrogen and oxygen atoms in total. The van der Waals surface area contributed by atoms with E-state index >= 15 is 0 Å². The average Bonchev–Trinajstić information content (AvgIpc) is 2.72. The summed E-state index contributed by atoms with van der Waals surface area (Å²) in [4.78, 5) is 25.1. The monoisotopic (exact) mass is 443 g/mol. The van der Waals surface area contributed by atoms with Gasteiger partial charge < -0.3 is 10.1 Å². The van der Waals surface area contributed by atoms with Crippen molar-refractivity contribution < 1.29 is 14.3 Å². The lowest BCUT2D eigenvalue weighted by molar-refractivity contribution is -0.123. The van der Waals surface area contributed by atoms with Gasteiger partial charge in [-0.25, -0.2) is 5.43 Å². The van der Waals surface area contributed by atoms with E-state index in [9.17, 15) is 9.59 Å². The van der Waals surface area contributed by atoms with Crippen molar-refractivity contribution in [1.29, 1.82) is 0 Å². The molecule has 0 aliphatic rings. The Labute approximate surface area is 189 Å². The molecule has 2 amide bonds. The topological polar surface area (TPSA) is 79.8 Å². The molecule has 0 fully saturated rings. The van der Waals surface area contributed by atoms with Crippen LogP contribution in [0.5, 0.6) is 5.75 Å². The quantitative estimate of drug-likeness (QED) is 0.413. The molecule has 0 heterocycles. The Hall–Kier alpha value is -2.86. The molecule has 0 aromatic heterocycles. The molecule has 0 aliphatic heterocycles. The summed E-state index contributed by atoms with van der Waals surface area (Å²) in [6.45, 7) is 8.81. The molecule has 0 spiro atoms. The van der Waals surface area contributed by atoms with Crippen LogP contribution in [0, 0.1) is 11.8 Å². The highest BCUT2D eigenvalue weighted by Gasteiger charge is 2.22. The van der Waals surface area contributed by atoms with Gasteiger partial charge in [0.05, 0.1) is 12.8 Å². The summed E-state index contributed by atoms with van der Waals surface area (Å²) in [6, 6.07) is 13.3. The first-order chi connectivity index (χ1) is 14.7. The van der Waals surface area contributed by atoms with E-state index in [2.05, 4.69) is 29.7 Å². The second kappa shape index (κ2) is 12.1. The zero-order valence-corrected chi connectivity index (χ0v) is 19.1. The number of hydrogen-bond donors (Lipinski definition) is 2. The van der Waals surface area contributed by atoms with E-state index < -0.39 is 6.04 Å². The summed E-state index contributed by atoms with van der Waals surface area (Å²) in [7, 11) is 0. The van der Waals surface area contributed by atoms with Gasteiger partial charge >= 0.3 is 0 Å². The maximum atomic E-state index is 12.6. The lowest BCUT2D eigenvalue weighted by Gasteiger charge is -2.19. The number of ether oxygens (including phenoxy) is 1. The van der Waals surface area contributed by atoms with E-state index in [1.807, 2.05) is 38.1 Å². The summed E-state index contributed by atoms with van der Waals surface area (Å²) in [5, 5.41) is 7.35. The van der Waals surface area contributed by atoms with Gasteiger partial charge in [0.1, 0.15) is 11.8 Å². The molecule has 0 saturated heterocycles. The number of carbonyl (C=O) groups excluding carboxylic acids is 2. The van der Waals surface area contributed by atoms with Gasteiger partial charge in [-0.05, 0) is 72.4 Å². The molecule has 2 N–H and O–H groups in total. The van der Waals surface area contributed by atoms with Crippen molar-refractivity contribution in [3.8, 4) is 5.75 Å². The fourth-order valence-electron chi connectivity index (χ4n) is 2.71. The molecule has 7 heteroatoms. The Morgan fingerprint density at radius 3 is 2.23 bits per heavy atom. The van der Waals surface area contributed by atoms with Crippen molar-refractivity contribution in [3.63, 3.8) is 0 Å². The molecule has 1 atom stereocenters. The van der Waals surface area contributed by atoms with E-state index in [1.165, 1.54) is 0 Å². The third-order valence-electron chi connectivity index (χ3n) is 4.29. The smallest absolute Gasteiger partial charge is 0.262 e. The predicted octanol–water partition coefficient (Wildman–Crippen LogP) is 4.67. The number of hydrazone groups is 1. The van der Waals surface area contributed by atoms with Gasteiger partial charge in [-0.2, -0.15) is 5.10 Å². The second-order valence-electron chi connectivity index (χ2n) is 8.17. The van der Waals surface area contributed by atoms with Crippen LogP contribution in [0.3, 0.4) is 0 Å². The number of nitrogens with one attached hydrogen (secondary N) is 2. The number of hydrogen-bond acceptors (Lipinski definition) is 4. The molecular formula is C24H30ClN3O3. The van der Waals surface area contributed by atoms with Crippen molar-refractivity contribution >= 4 is 29.6 Å². The average molecular weight is 444 g/mol. The highest BCUT2D eigenvalue weighted by Crippen LogP contribution is 2.13. The molecule has 0 bridgehead atoms. The SMILES string of the molecule is CC(C)COc1ccc(C=NNC(=O)C(CC(C)C)NC(=O)c2ccc(Cl)cc2)cc1. The van der Waals surface area contributed by atoms with Crippen molar-refractivity contribution in [2.45, 2.75) is 40.2 Å². The Balaban J connectivity index is 1.95. The fourth-order valence-corrected chi connectivity index (χ4v) is 2.83. The summed E-state index contributed by atoms with van der Waals surface area (Å²) in [5.74, 6) is 0.749. The van der Waals surface area contributed by atoms with Crippen LogP contribution in [-0.2, 0) is 4.79 Å². The van der Waals surface area contributed by atoms with Gasteiger partial charge in [-0.1, -0.05) is 39.3 Å². The maximum Gasteiger partial charge on any atom is 0.262 e. The van der Waals surface area contributed by atoms with E-state index in [4.69, 9.17) is 16.3 Å². The van der Waals surface area contributed by atoms with Gasteiger partial charge in [0.25, 0.3) is 11.8 Å². The van der Waals surface area contributed by atoms with E-state index in [0.717, 1.165) is 11.3 Å². The molecule has 1 unspecified atom stereocenters. The Morgan fingerprint density at radius 1 is 1.00 bits per heavy atom. The molecule has 0 aliphatic carbocycles. The predicted molar refractivity (Wildman–Crippen MR) is 125 cm³/mol. The van der Waals surface area contributed by atoms with Gasteiger partial charge in [0.15, 0.2) is 0 Å². The maximum absolute atomic E-state index is 12.6. The number of nitrogens with zero attached hydrogens (tertiary/aromatic N) is 1. The standard InChI is InChI=1S/C24H30ClN3O3/c1-16(2)13-22(27-23(29)19-7-9-20(25)10-8-19)24(30)28-26-14-18-5-11-21(12-6-18)31-15-17(3)4/h5-12,14,16-17,22H,13,15H2,1-4H3,(H,27,29)(H,28,30). The largest absolute Gasteiger partial charge is 0.493 e. The molecule has 31 heavy (non-hydrogen) atoms. The number of carbonyl (C=O) groups is 2. The minimum absolute atomic E-state index is 0.212. The van der Waals surface area contributed by atoms with Crippen LogP contribution in [0.25, 0.3) is 0 Å². The van der Waals surface area contributed by atoms with Gasteiger partial charge in [0.2, 0.25) is 0 Å². The molecule has 2 aromatic rings. The lowest BCUT2D eigenvalue weighted by atomic mass is 10.0. The molecule has 0 radical (unpaired) electrons. The molecule has 2 rings (SSSR count). The first kappa shape index (κ1) is 24.4. The highest BCUT2D eigenvalue weighted by molar-refractivity contribution is 6.30. The minimum Gasteiger partial charge on any atom is -0.493 e. The Morgan fingerprint density at radius 2 is 1.65 bits per heavy atom. The third kappa shape index (κ3) is 8.80. The van der Waals surface area contributed by atoms with E-state index in [0.29, 0.717) is 29.5 Å². The summed E-state index contributed by atoms with van der Waals surface area (Å²) < 4.78 is 5.65. The summed E-state index contributed by atoms with van der Waals surface area (Å²) in [5.41, 5.74) is 3.78. The highest BCUT2D eigenvalue weighted by atomic mass is 35.5. The molecule has 0 saturated carbocycles. The molecule has 166 valence electrons. The van der Waals surface area contributed by atoms with Crippen LogP contribution >= 0.6 is 11.6 Å². The van der Waals surface area contributed by atoms with Crippen LogP contribution in [-0.4, -0.2) is 30.7 Å². The minimum atomic E-state index is -0.702. The van der Waals surface area contributed by atoms with Gasteiger partial charge in [-0.15, -0.1) is 0 Å². The number of halogens is 1. The second-order valence-corrected chi connectivity index (χ2v) is 8.61. The zero-order valence-electron chi connectivity index (χ0n) is 18.4.